The first-order valence-corrected chi connectivity index (χ1v) is 9.45. The predicted octanol–water partition coefficient (Wildman–Crippen LogP) is 4.21. The Morgan fingerprint density at radius 2 is 1.74 bits per heavy atom. The van der Waals surface area contributed by atoms with Gasteiger partial charge < -0.3 is 15.5 Å². The minimum absolute atomic E-state index is 0.0660. The molecule has 1 heterocycles. The van der Waals surface area contributed by atoms with Crippen molar-refractivity contribution < 1.29 is 9.59 Å². The number of benzene rings is 2. The number of carbonyl (C=O) groups excluding carboxylic acids is 2. The second kappa shape index (κ2) is 7.75. The molecule has 0 spiro atoms. The summed E-state index contributed by atoms with van der Waals surface area (Å²) in [6.45, 7) is 3.67. The van der Waals surface area contributed by atoms with Gasteiger partial charge in [0.05, 0.1) is 10.2 Å². The highest BCUT2D eigenvalue weighted by atomic mass is 32.1. The number of amides is 2. The summed E-state index contributed by atoms with van der Waals surface area (Å²) in [5.41, 5.74) is 3.02. The maximum Gasteiger partial charge on any atom is 0.255 e. The normalized spacial score (nSPS) is 10.9. The molecule has 0 aliphatic carbocycles. The topological polar surface area (TPSA) is 74.3 Å². The molecule has 0 fully saturated rings. The summed E-state index contributed by atoms with van der Waals surface area (Å²) in [5.74, 6) is -0.349. The summed E-state index contributed by atoms with van der Waals surface area (Å²) in [6, 6.07) is 12.9. The van der Waals surface area contributed by atoms with Gasteiger partial charge in [-0.05, 0) is 42.5 Å². The second-order valence-corrected chi connectivity index (χ2v) is 7.77. The van der Waals surface area contributed by atoms with Crippen LogP contribution in [0.15, 0.2) is 42.5 Å². The van der Waals surface area contributed by atoms with E-state index in [-0.39, 0.29) is 17.7 Å². The number of aromatic nitrogens is 1. The molecule has 0 saturated heterocycles. The van der Waals surface area contributed by atoms with Gasteiger partial charge in [-0.3, -0.25) is 9.59 Å². The molecule has 3 aromatic rings. The Hall–Kier alpha value is -2.93. The Bertz CT molecular complexity index is 977. The lowest BCUT2D eigenvalue weighted by Crippen LogP contribution is -2.17. The zero-order valence-electron chi connectivity index (χ0n) is 15.7. The minimum Gasteiger partial charge on any atom is -0.378 e. The van der Waals surface area contributed by atoms with E-state index >= 15 is 0 Å². The Labute approximate surface area is 162 Å². The van der Waals surface area contributed by atoms with Crippen molar-refractivity contribution in [1.29, 1.82) is 0 Å². The van der Waals surface area contributed by atoms with Crippen LogP contribution in [0.1, 0.15) is 24.2 Å². The standard InChI is InChI=1S/C20H22N4O2S/c1-12(2)18(25)23-20-22-16-11-14(7-10-17(16)27-20)21-19(26)13-5-8-15(9-6-13)24(3)4/h5-12H,1-4H3,(H,21,26)(H,22,23,25). The van der Waals surface area contributed by atoms with E-state index in [1.165, 1.54) is 11.3 Å². The van der Waals surface area contributed by atoms with Crippen LogP contribution in [-0.4, -0.2) is 30.9 Å². The number of anilines is 3. The Balaban J connectivity index is 1.74. The van der Waals surface area contributed by atoms with E-state index in [0.717, 1.165) is 15.9 Å². The number of hydrogen-bond donors (Lipinski definition) is 2. The first kappa shape index (κ1) is 18.8. The molecule has 2 aromatic carbocycles. The van der Waals surface area contributed by atoms with Crippen molar-refractivity contribution in [3.63, 3.8) is 0 Å². The number of thiazole rings is 1. The highest BCUT2D eigenvalue weighted by Crippen LogP contribution is 2.28. The van der Waals surface area contributed by atoms with Crippen molar-refractivity contribution in [1.82, 2.24) is 4.98 Å². The van der Waals surface area contributed by atoms with Crippen molar-refractivity contribution in [2.75, 3.05) is 29.6 Å². The third-order valence-electron chi connectivity index (χ3n) is 4.05. The molecule has 2 N–H and O–H groups in total. The van der Waals surface area contributed by atoms with Gasteiger partial charge in [-0.15, -0.1) is 0 Å². The van der Waals surface area contributed by atoms with Crippen LogP contribution < -0.4 is 15.5 Å². The van der Waals surface area contributed by atoms with Crippen LogP contribution in [0.2, 0.25) is 0 Å². The molecule has 6 nitrogen and oxygen atoms in total. The van der Waals surface area contributed by atoms with E-state index in [4.69, 9.17) is 0 Å². The average molecular weight is 382 g/mol. The van der Waals surface area contributed by atoms with Crippen LogP contribution in [0.3, 0.4) is 0 Å². The van der Waals surface area contributed by atoms with Gasteiger partial charge in [-0.25, -0.2) is 4.98 Å². The molecule has 0 aliphatic rings. The van der Waals surface area contributed by atoms with Crippen LogP contribution in [0.25, 0.3) is 10.2 Å². The summed E-state index contributed by atoms with van der Waals surface area (Å²) in [7, 11) is 3.91. The van der Waals surface area contributed by atoms with Gasteiger partial charge in [0, 0.05) is 37.0 Å². The molecule has 1 aromatic heterocycles. The third-order valence-corrected chi connectivity index (χ3v) is 5.00. The molecule has 27 heavy (non-hydrogen) atoms. The monoisotopic (exact) mass is 382 g/mol. The number of nitrogens with zero attached hydrogens (tertiary/aromatic N) is 2. The van der Waals surface area contributed by atoms with Crippen LogP contribution >= 0.6 is 11.3 Å². The predicted molar refractivity (Wildman–Crippen MR) is 112 cm³/mol. The van der Waals surface area contributed by atoms with Gasteiger partial charge in [0.25, 0.3) is 5.91 Å². The highest BCUT2D eigenvalue weighted by Gasteiger charge is 2.12. The Kier molecular flexibility index (Phi) is 5.41. The fraction of sp³-hybridized carbons (Fsp3) is 0.250. The fourth-order valence-corrected chi connectivity index (χ4v) is 3.27. The molecule has 3 rings (SSSR count). The molecule has 0 atom stereocenters. The zero-order chi connectivity index (χ0) is 19.6. The molecule has 7 heteroatoms. The average Bonchev–Trinajstić information content (AvgIpc) is 3.03. The first-order chi connectivity index (χ1) is 12.8. The van der Waals surface area contributed by atoms with Crippen LogP contribution in [0, 0.1) is 5.92 Å². The fourth-order valence-electron chi connectivity index (χ4n) is 2.42. The molecule has 0 unspecified atom stereocenters. The van der Waals surface area contributed by atoms with Crippen molar-refractivity contribution in [2.24, 2.45) is 5.92 Å². The highest BCUT2D eigenvalue weighted by molar-refractivity contribution is 7.22. The summed E-state index contributed by atoms with van der Waals surface area (Å²) in [5, 5.41) is 6.26. The van der Waals surface area contributed by atoms with E-state index < -0.39 is 0 Å². The van der Waals surface area contributed by atoms with Crippen molar-refractivity contribution in [2.45, 2.75) is 13.8 Å². The van der Waals surface area contributed by atoms with E-state index in [1.54, 1.807) is 12.1 Å². The number of fused-ring (bicyclic) bond motifs is 1. The lowest BCUT2D eigenvalue weighted by atomic mass is 10.2. The number of rotatable bonds is 5. The van der Waals surface area contributed by atoms with Crippen LogP contribution in [0.5, 0.6) is 0 Å². The molecular formula is C20H22N4O2S. The second-order valence-electron chi connectivity index (χ2n) is 6.74. The van der Waals surface area contributed by atoms with Gasteiger partial charge in [0.15, 0.2) is 5.13 Å². The van der Waals surface area contributed by atoms with Gasteiger partial charge in [-0.2, -0.15) is 0 Å². The number of carbonyl (C=O) groups is 2. The molecule has 0 saturated carbocycles. The Morgan fingerprint density at radius 1 is 1.04 bits per heavy atom. The van der Waals surface area contributed by atoms with Gasteiger partial charge >= 0.3 is 0 Å². The summed E-state index contributed by atoms with van der Waals surface area (Å²) < 4.78 is 0.947. The maximum absolute atomic E-state index is 12.5. The van der Waals surface area contributed by atoms with E-state index in [2.05, 4.69) is 15.6 Å². The molecule has 0 radical (unpaired) electrons. The number of hydrogen-bond acceptors (Lipinski definition) is 5. The van der Waals surface area contributed by atoms with E-state index in [9.17, 15) is 9.59 Å². The van der Waals surface area contributed by atoms with Crippen LogP contribution in [0.4, 0.5) is 16.5 Å². The number of nitrogens with one attached hydrogen (secondary N) is 2. The first-order valence-electron chi connectivity index (χ1n) is 8.63. The molecule has 140 valence electrons. The van der Waals surface area contributed by atoms with Gasteiger partial charge in [0.2, 0.25) is 5.91 Å². The molecule has 0 bridgehead atoms. The largest absolute Gasteiger partial charge is 0.378 e. The van der Waals surface area contributed by atoms with E-state index in [0.29, 0.717) is 16.4 Å². The minimum atomic E-state index is -0.178. The summed E-state index contributed by atoms with van der Waals surface area (Å²) in [6.07, 6.45) is 0. The maximum atomic E-state index is 12.5. The van der Waals surface area contributed by atoms with Crippen molar-refractivity contribution in [3.05, 3.63) is 48.0 Å². The van der Waals surface area contributed by atoms with Crippen molar-refractivity contribution >= 4 is 49.9 Å². The molecule has 2 amide bonds. The van der Waals surface area contributed by atoms with Gasteiger partial charge in [0.1, 0.15) is 0 Å². The molecule has 0 aliphatic heterocycles. The zero-order valence-corrected chi connectivity index (χ0v) is 16.6. The smallest absolute Gasteiger partial charge is 0.255 e. The van der Waals surface area contributed by atoms with Gasteiger partial charge in [-0.1, -0.05) is 25.2 Å². The van der Waals surface area contributed by atoms with Crippen molar-refractivity contribution in [3.8, 4) is 0 Å². The lowest BCUT2D eigenvalue weighted by Gasteiger charge is -2.12. The lowest BCUT2D eigenvalue weighted by molar-refractivity contribution is -0.118. The third kappa shape index (κ3) is 4.43. The summed E-state index contributed by atoms with van der Waals surface area (Å²) in [4.78, 5) is 30.7. The molecular weight excluding hydrogens is 360 g/mol. The van der Waals surface area contributed by atoms with Crippen LogP contribution in [-0.2, 0) is 4.79 Å². The quantitative estimate of drug-likeness (QED) is 0.693. The summed E-state index contributed by atoms with van der Waals surface area (Å²) >= 11 is 1.41. The Morgan fingerprint density at radius 3 is 2.37 bits per heavy atom. The SMILES string of the molecule is CC(C)C(=O)Nc1nc2cc(NC(=O)c3ccc(N(C)C)cc3)ccc2s1. The van der Waals surface area contributed by atoms with E-state index in [1.807, 2.05) is 63.2 Å².